The summed E-state index contributed by atoms with van der Waals surface area (Å²) in [6, 6.07) is 0.609. The van der Waals surface area contributed by atoms with Gasteiger partial charge in [0.15, 0.2) is 0 Å². The molecular weight excluding hydrogens is 196 g/mol. The van der Waals surface area contributed by atoms with Crippen LogP contribution in [0.1, 0.15) is 32.1 Å². The average Bonchev–Trinajstić information content (AvgIpc) is 2.18. The molecule has 0 radical (unpaired) electrons. The van der Waals surface area contributed by atoms with Crippen molar-refractivity contribution in [2.24, 2.45) is 5.73 Å². The van der Waals surface area contributed by atoms with E-state index in [9.17, 15) is 4.79 Å². The third kappa shape index (κ3) is 4.33. The molecule has 0 aliphatic heterocycles. The topological polar surface area (TPSA) is 55.1 Å². The van der Waals surface area contributed by atoms with Gasteiger partial charge in [-0.15, -0.1) is 0 Å². The summed E-state index contributed by atoms with van der Waals surface area (Å²) in [5.41, 5.74) is 5.07. The molecule has 1 aliphatic rings. The van der Waals surface area contributed by atoms with Crippen LogP contribution in [0, 0.1) is 0 Å². The largest absolute Gasteiger partial charge is 0.370 e. The van der Waals surface area contributed by atoms with Crippen LogP contribution in [0.3, 0.4) is 0 Å². The van der Waals surface area contributed by atoms with Gasteiger partial charge >= 0.3 is 0 Å². The summed E-state index contributed by atoms with van der Waals surface area (Å²) in [6.07, 6.45) is 7.73. The summed E-state index contributed by atoms with van der Waals surface area (Å²) in [6.45, 7) is 0.740. The molecule has 0 spiro atoms. The van der Waals surface area contributed by atoms with E-state index in [0.29, 0.717) is 12.5 Å². The molecule has 1 amide bonds. The van der Waals surface area contributed by atoms with Crippen molar-refractivity contribution >= 4 is 17.7 Å². The number of hydrogen-bond donors (Lipinski definition) is 2. The van der Waals surface area contributed by atoms with Gasteiger partial charge in [0.25, 0.3) is 0 Å². The van der Waals surface area contributed by atoms with Crippen molar-refractivity contribution in [3.8, 4) is 0 Å². The molecule has 0 aromatic heterocycles. The monoisotopic (exact) mass is 216 g/mol. The SMILES string of the molecule is CSC1CCC(NCCC(N)=O)CC1. The van der Waals surface area contributed by atoms with Crippen LogP contribution in [0.4, 0.5) is 0 Å². The zero-order valence-corrected chi connectivity index (χ0v) is 9.61. The Labute approximate surface area is 90.2 Å². The van der Waals surface area contributed by atoms with E-state index in [1.807, 2.05) is 11.8 Å². The molecule has 0 atom stereocenters. The summed E-state index contributed by atoms with van der Waals surface area (Å²) in [5, 5.41) is 4.24. The van der Waals surface area contributed by atoms with Crippen LogP contribution >= 0.6 is 11.8 Å². The highest BCUT2D eigenvalue weighted by molar-refractivity contribution is 7.99. The first-order valence-corrected chi connectivity index (χ1v) is 6.55. The molecule has 0 aromatic rings. The van der Waals surface area contributed by atoms with Gasteiger partial charge in [0.2, 0.25) is 5.91 Å². The van der Waals surface area contributed by atoms with Crippen LogP contribution in [-0.2, 0) is 4.79 Å². The smallest absolute Gasteiger partial charge is 0.218 e. The first kappa shape index (κ1) is 11.9. The van der Waals surface area contributed by atoms with E-state index < -0.39 is 0 Å². The number of nitrogens with one attached hydrogen (secondary N) is 1. The standard InChI is InChI=1S/C10H20N2OS/c1-14-9-4-2-8(3-5-9)12-7-6-10(11)13/h8-9,12H,2-7H2,1H3,(H2,11,13). The Kier molecular flexibility index (Phi) is 5.33. The van der Waals surface area contributed by atoms with Gasteiger partial charge in [0.05, 0.1) is 0 Å². The van der Waals surface area contributed by atoms with E-state index in [0.717, 1.165) is 11.8 Å². The molecule has 0 heterocycles. The Hall–Kier alpha value is -0.220. The van der Waals surface area contributed by atoms with Crippen LogP contribution in [0.5, 0.6) is 0 Å². The number of rotatable bonds is 5. The zero-order valence-electron chi connectivity index (χ0n) is 8.79. The second-order valence-electron chi connectivity index (χ2n) is 3.88. The second kappa shape index (κ2) is 6.30. The summed E-state index contributed by atoms with van der Waals surface area (Å²) in [7, 11) is 0. The highest BCUT2D eigenvalue weighted by Crippen LogP contribution is 2.26. The van der Waals surface area contributed by atoms with E-state index in [1.54, 1.807) is 0 Å². The third-order valence-corrected chi connectivity index (χ3v) is 3.95. The minimum atomic E-state index is -0.213. The maximum Gasteiger partial charge on any atom is 0.218 e. The Morgan fingerprint density at radius 2 is 2.07 bits per heavy atom. The van der Waals surface area contributed by atoms with Gasteiger partial charge in [0.1, 0.15) is 0 Å². The fourth-order valence-electron chi connectivity index (χ4n) is 1.90. The van der Waals surface area contributed by atoms with Crippen LogP contribution in [0.25, 0.3) is 0 Å². The number of carbonyl (C=O) groups is 1. The summed E-state index contributed by atoms with van der Waals surface area (Å²) >= 11 is 1.97. The van der Waals surface area contributed by atoms with E-state index in [-0.39, 0.29) is 5.91 Å². The quantitative estimate of drug-likeness (QED) is 0.724. The van der Waals surface area contributed by atoms with Crippen LogP contribution in [0.15, 0.2) is 0 Å². The third-order valence-electron chi connectivity index (χ3n) is 2.81. The molecular formula is C10H20N2OS. The predicted molar refractivity (Wildman–Crippen MR) is 61.4 cm³/mol. The van der Waals surface area contributed by atoms with Crippen molar-refractivity contribution in [1.82, 2.24) is 5.32 Å². The lowest BCUT2D eigenvalue weighted by atomic mass is 9.95. The van der Waals surface area contributed by atoms with Crippen molar-refractivity contribution in [3.63, 3.8) is 0 Å². The highest BCUT2D eigenvalue weighted by Gasteiger charge is 2.19. The minimum Gasteiger partial charge on any atom is -0.370 e. The molecule has 82 valence electrons. The van der Waals surface area contributed by atoms with Gasteiger partial charge in [-0.25, -0.2) is 0 Å². The van der Waals surface area contributed by atoms with Gasteiger partial charge in [-0.2, -0.15) is 11.8 Å². The Bertz CT molecular complexity index is 179. The number of nitrogens with two attached hydrogens (primary N) is 1. The molecule has 1 fully saturated rings. The maximum absolute atomic E-state index is 10.5. The van der Waals surface area contributed by atoms with Crippen molar-refractivity contribution < 1.29 is 4.79 Å². The van der Waals surface area contributed by atoms with Crippen molar-refractivity contribution in [2.75, 3.05) is 12.8 Å². The minimum absolute atomic E-state index is 0.213. The van der Waals surface area contributed by atoms with E-state index >= 15 is 0 Å². The predicted octanol–water partition coefficient (Wildman–Crippen LogP) is 1.13. The van der Waals surface area contributed by atoms with Gasteiger partial charge in [-0.3, -0.25) is 4.79 Å². The molecule has 3 nitrogen and oxygen atoms in total. The van der Waals surface area contributed by atoms with Gasteiger partial charge in [-0.05, 0) is 31.9 Å². The van der Waals surface area contributed by atoms with Crippen LogP contribution in [-0.4, -0.2) is 30.0 Å². The first-order valence-electron chi connectivity index (χ1n) is 5.27. The molecule has 0 aromatic carbocycles. The fourth-order valence-corrected chi connectivity index (χ4v) is 2.65. The molecule has 1 rings (SSSR count). The first-order chi connectivity index (χ1) is 6.72. The Morgan fingerprint density at radius 1 is 1.43 bits per heavy atom. The van der Waals surface area contributed by atoms with Crippen LogP contribution < -0.4 is 11.1 Å². The fraction of sp³-hybridized carbons (Fsp3) is 0.900. The maximum atomic E-state index is 10.5. The molecule has 3 N–H and O–H groups in total. The normalized spacial score (nSPS) is 27.5. The van der Waals surface area contributed by atoms with E-state index in [2.05, 4.69) is 11.6 Å². The van der Waals surface area contributed by atoms with Gasteiger partial charge < -0.3 is 11.1 Å². The van der Waals surface area contributed by atoms with E-state index in [1.165, 1.54) is 25.7 Å². The van der Waals surface area contributed by atoms with Crippen LogP contribution in [0.2, 0.25) is 0 Å². The lowest BCUT2D eigenvalue weighted by molar-refractivity contribution is -0.117. The molecule has 0 saturated heterocycles. The number of primary amides is 1. The second-order valence-corrected chi connectivity index (χ2v) is 5.02. The van der Waals surface area contributed by atoms with Gasteiger partial charge in [-0.1, -0.05) is 0 Å². The van der Waals surface area contributed by atoms with Crippen molar-refractivity contribution in [2.45, 2.75) is 43.4 Å². The van der Waals surface area contributed by atoms with Crippen molar-refractivity contribution in [1.29, 1.82) is 0 Å². The highest BCUT2D eigenvalue weighted by atomic mass is 32.2. The van der Waals surface area contributed by atoms with Crippen molar-refractivity contribution in [3.05, 3.63) is 0 Å². The summed E-state index contributed by atoms with van der Waals surface area (Å²) < 4.78 is 0. The average molecular weight is 216 g/mol. The molecule has 14 heavy (non-hydrogen) atoms. The molecule has 0 unspecified atom stereocenters. The molecule has 1 saturated carbocycles. The lowest BCUT2D eigenvalue weighted by Gasteiger charge is -2.28. The number of thioether (sulfide) groups is 1. The lowest BCUT2D eigenvalue weighted by Crippen LogP contribution is -2.35. The molecule has 1 aliphatic carbocycles. The Morgan fingerprint density at radius 3 is 2.57 bits per heavy atom. The molecule has 0 bridgehead atoms. The summed E-state index contributed by atoms with van der Waals surface area (Å²) in [4.78, 5) is 10.5. The van der Waals surface area contributed by atoms with Gasteiger partial charge in [0, 0.05) is 24.3 Å². The molecule has 4 heteroatoms. The zero-order chi connectivity index (χ0) is 10.4. The number of hydrogen-bond acceptors (Lipinski definition) is 3. The Balaban J connectivity index is 2.07. The van der Waals surface area contributed by atoms with E-state index in [4.69, 9.17) is 5.73 Å². The number of carbonyl (C=O) groups excluding carboxylic acids is 1. The number of amides is 1. The summed E-state index contributed by atoms with van der Waals surface area (Å²) in [5.74, 6) is -0.213.